The van der Waals surface area contributed by atoms with Crippen molar-refractivity contribution in [3.05, 3.63) is 58.7 Å². The summed E-state index contributed by atoms with van der Waals surface area (Å²) >= 11 is 0. The number of carboxylic acids is 1. The van der Waals surface area contributed by atoms with Gasteiger partial charge in [-0.1, -0.05) is 18.2 Å². The van der Waals surface area contributed by atoms with E-state index in [-0.39, 0.29) is 12.6 Å². The Labute approximate surface area is 182 Å². The van der Waals surface area contributed by atoms with Crippen LogP contribution in [0.4, 0.5) is 11.4 Å². The molecule has 3 rings (SSSR count). The van der Waals surface area contributed by atoms with Crippen LogP contribution in [0.2, 0.25) is 0 Å². The maximum absolute atomic E-state index is 12.2. The molecule has 31 heavy (non-hydrogen) atoms. The molecular weight excluding hydrogens is 394 g/mol. The Morgan fingerprint density at radius 2 is 1.87 bits per heavy atom. The van der Waals surface area contributed by atoms with Crippen LogP contribution in [0, 0.1) is 25.2 Å². The van der Waals surface area contributed by atoms with Crippen molar-refractivity contribution in [3.63, 3.8) is 0 Å². The number of para-hydroxylation sites is 1. The summed E-state index contributed by atoms with van der Waals surface area (Å²) in [5.41, 5.74) is 4.45. The minimum absolute atomic E-state index is 0.00787. The van der Waals surface area contributed by atoms with Gasteiger partial charge in [-0.15, -0.1) is 0 Å². The van der Waals surface area contributed by atoms with E-state index in [0.29, 0.717) is 24.2 Å². The number of carbonyl (C=O) groups excluding carboxylic acids is 1. The van der Waals surface area contributed by atoms with Crippen LogP contribution in [0.25, 0.3) is 0 Å². The Kier molecular flexibility index (Phi) is 6.81. The first-order chi connectivity index (χ1) is 14.8. The lowest BCUT2D eigenvalue weighted by Crippen LogP contribution is -2.47. The Morgan fingerprint density at radius 1 is 1.19 bits per heavy atom. The summed E-state index contributed by atoms with van der Waals surface area (Å²) in [6.07, 6.45) is 1.49. The van der Waals surface area contributed by atoms with Crippen molar-refractivity contribution in [2.75, 3.05) is 36.5 Å². The molecule has 1 fully saturated rings. The number of ether oxygens (including phenoxy) is 1. The van der Waals surface area contributed by atoms with Crippen LogP contribution in [0.15, 0.2) is 36.4 Å². The van der Waals surface area contributed by atoms with Crippen LogP contribution in [0.5, 0.6) is 0 Å². The number of aliphatic carboxylic acids is 1. The molecule has 0 spiro atoms. The largest absolute Gasteiger partial charge is 0.480 e. The smallest absolute Gasteiger partial charge is 0.338 e. The van der Waals surface area contributed by atoms with E-state index in [2.05, 4.69) is 11.0 Å². The molecule has 0 aliphatic carbocycles. The molecule has 162 valence electrons. The summed E-state index contributed by atoms with van der Waals surface area (Å²) in [5.74, 6) is -1.35. The molecule has 0 amide bonds. The molecule has 0 aromatic heterocycles. The number of piperidine rings is 1. The van der Waals surface area contributed by atoms with Gasteiger partial charge in [-0.3, -0.25) is 4.79 Å². The second kappa shape index (κ2) is 9.52. The summed E-state index contributed by atoms with van der Waals surface area (Å²) in [4.78, 5) is 27.9. The minimum Gasteiger partial charge on any atom is -0.480 e. The number of hydrogen-bond donors (Lipinski definition) is 1. The fourth-order valence-electron chi connectivity index (χ4n) is 4.30. The maximum Gasteiger partial charge on any atom is 0.338 e. The number of carboxylic acid groups (broad SMARTS) is 1. The van der Waals surface area contributed by atoms with Crippen molar-refractivity contribution >= 4 is 23.3 Å². The summed E-state index contributed by atoms with van der Waals surface area (Å²) < 4.78 is 4.90. The number of carbonyl (C=O) groups is 2. The number of methoxy groups -OCH3 is 1. The van der Waals surface area contributed by atoms with Crippen molar-refractivity contribution in [1.29, 1.82) is 5.26 Å². The third-order valence-electron chi connectivity index (χ3n) is 5.83. The maximum atomic E-state index is 12.2. The third kappa shape index (κ3) is 4.80. The minimum atomic E-state index is -0.920. The molecule has 1 N–H and O–H groups in total. The third-order valence-corrected chi connectivity index (χ3v) is 5.83. The van der Waals surface area contributed by atoms with Crippen molar-refractivity contribution in [2.45, 2.75) is 32.7 Å². The quantitative estimate of drug-likeness (QED) is 0.713. The fraction of sp³-hybridized carbons (Fsp3) is 0.375. The summed E-state index contributed by atoms with van der Waals surface area (Å²) in [6.45, 7) is 5.05. The van der Waals surface area contributed by atoms with Gasteiger partial charge in [-0.25, -0.2) is 4.79 Å². The first-order valence-corrected chi connectivity index (χ1v) is 10.3. The molecule has 1 aliphatic heterocycles. The van der Waals surface area contributed by atoms with Gasteiger partial charge in [0.15, 0.2) is 0 Å². The van der Waals surface area contributed by atoms with Gasteiger partial charge < -0.3 is 19.6 Å². The highest BCUT2D eigenvalue weighted by Gasteiger charge is 2.29. The zero-order chi connectivity index (χ0) is 22.5. The number of esters is 1. The monoisotopic (exact) mass is 421 g/mol. The number of nitriles is 1. The summed E-state index contributed by atoms with van der Waals surface area (Å²) in [5, 5.41) is 19.0. The van der Waals surface area contributed by atoms with Crippen LogP contribution < -0.4 is 9.80 Å². The fourth-order valence-corrected chi connectivity index (χ4v) is 4.30. The Bertz CT molecular complexity index is 1020. The molecule has 7 nitrogen and oxygen atoms in total. The lowest BCUT2D eigenvalue weighted by molar-refractivity contribution is -0.135. The highest BCUT2D eigenvalue weighted by atomic mass is 16.5. The molecule has 0 unspecified atom stereocenters. The number of nitrogens with zero attached hydrogens (tertiary/aromatic N) is 3. The molecule has 2 aromatic rings. The van der Waals surface area contributed by atoms with Crippen LogP contribution in [0.1, 0.15) is 39.9 Å². The Balaban J connectivity index is 1.87. The van der Waals surface area contributed by atoms with Gasteiger partial charge in [0.2, 0.25) is 0 Å². The predicted molar refractivity (Wildman–Crippen MR) is 119 cm³/mol. The zero-order valence-corrected chi connectivity index (χ0v) is 18.1. The molecular formula is C24H27N3O4. The van der Waals surface area contributed by atoms with E-state index in [1.165, 1.54) is 7.11 Å². The summed E-state index contributed by atoms with van der Waals surface area (Å²) in [6, 6.07) is 13.4. The zero-order valence-electron chi connectivity index (χ0n) is 18.1. The number of benzene rings is 2. The van der Waals surface area contributed by atoms with Gasteiger partial charge in [-0.2, -0.15) is 5.26 Å². The van der Waals surface area contributed by atoms with Crippen LogP contribution >= 0.6 is 0 Å². The second-order valence-electron chi connectivity index (χ2n) is 7.81. The Hall–Kier alpha value is -3.53. The normalized spacial score (nSPS) is 14.1. The lowest BCUT2D eigenvalue weighted by Gasteiger charge is -2.40. The number of rotatable bonds is 6. The first kappa shape index (κ1) is 22.2. The van der Waals surface area contributed by atoms with Crippen molar-refractivity contribution < 1.29 is 19.4 Å². The van der Waals surface area contributed by atoms with E-state index >= 15 is 0 Å². The van der Waals surface area contributed by atoms with Crippen LogP contribution in [-0.2, 0) is 9.53 Å². The molecule has 2 aromatic carbocycles. The molecule has 7 heteroatoms. The average molecular weight is 421 g/mol. The molecule has 0 atom stereocenters. The molecule has 0 saturated carbocycles. The van der Waals surface area contributed by atoms with Crippen molar-refractivity contribution in [3.8, 4) is 6.07 Å². The van der Waals surface area contributed by atoms with Crippen LogP contribution in [0.3, 0.4) is 0 Å². The highest BCUT2D eigenvalue weighted by molar-refractivity contribution is 5.93. The molecule has 0 bridgehead atoms. The first-order valence-electron chi connectivity index (χ1n) is 10.3. The van der Waals surface area contributed by atoms with Gasteiger partial charge >= 0.3 is 11.9 Å². The van der Waals surface area contributed by atoms with E-state index in [0.717, 1.165) is 35.3 Å². The highest BCUT2D eigenvalue weighted by Crippen LogP contribution is 2.31. The molecule has 1 aliphatic rings. The van der Waals surface area contributed by atoms with E-state index in [9.17, 15) is 20.0 Å². The Morgan fingerprint density at radius 3 is 2.48 bits per heavy atom. The van der Waals surface area contributed by atoms with E-state index in [4.69, 9.17) is 4.74 Å². The van der Waals surface area contributed by atoms with Gasteiger partial charge in [0, 0.05) is 24.8 Å². The molecule has 1 saturated heterocycles. The average Bonchev–Trinajstić information content (AvgIpc) is 2.77. The lowest BCUT2D eigenvalue weighted by atomic mass is 9.97. The van der Waals surface area contributed by atoms with E-state index in [1.54, 1.807) is 6.07 Å². The topological polar surface area (TPSA) is 93.9 Å². The van der Waals surface area contributed by atoms with Gasteiger partial charge in [0.05, 0.1) is 23.9 Å². The van der Waals surface area contributed by atoms with E-state index in [1.807, 2.05) is 49.1 Å². The van der Waals surface area contributed by atoms with Gasteiger partial charge in [0.1, 0.15) is 12.6 Å². The van der Waals surface area contributed by atoms with Gasteiger partial charge in [-0.05, 0) is 56.0 Å². The number of hydrogen-bond acceptors (Lipinski definition) is 6. The van der Waals surface area contributed by atoms with Gasteiger partial charge in [0.25, 0.3) is 0 Å². The van der Waals surface area contributed by atoms with Crippen LogP contribution in [-0.4, -0.2) is 49.8 Å². The molecule has 0 radical (unpaired) electrons. The SMILES string of the molecule is COC(=O)c1cc(N(CC(=O)O)C2CCN(c3ccccc3C#N)CC2)c(C)cc1C. The molecule has 1 heterocycles. The van der Waals surface area contributed by atoms with Crippen molar-refractivity contribution in [2.24, 2.45) is 0 Å². The van der Waals surface area contributed by atoms with E-state index < -0.39 is 11.9 Å². The number of aryl methyl sites for hydroxylation is 2. The predicted octanol–water partition coefficient (Wildman–Crippen LogP) is 3.52. The van der Waals surface area contributed by atoms with Crippen molar-refractivity contribution in [1.82, 2.24) is 0 Å². The standard InChI is InChI=1S/C24H27N3O4/c1-16-12-17(2)22(13-20(16)24(30)31-3)27(15-23(28)29)19-8-10-26(11-9-19)21-7-5-4-6-18(21)14-25/h4-7,12-13,19H,8-11,15H2,1-3H3,(H,28,29). The number of anilines is 2. The second-order valence-corrected chi connectivity index (χ2v) is 7.81. The summed E-state index contributed by atoms with van der Waals surface area (Å²) in [7, 11) is 1.34.